The summed E-state index contributed by atoms with van der Waals surface area (Å²) < 4.78 is 4.42. The lowest BCUT2D eigenvalue weighted by Crippen LogP contribution is -2.05. The predicted octanol–water partition coefficient (Wildman–Crippen LogP) is 7.72. The zero-order valence-corrected chi connectivity index (χ0v) is 23.1. The lowest BCUT2D eigenvalue weighted by Gasteiger charge is -2.12. The summed E-state index contributed by atoms with van der Waals surface area (Å²) in [5.41, 5.74) is 10.5. The Hall–Kier alpha value is -4.71. The normalized spacial score (nSPS) is 11.5. The van der Waals surface area contributed by atoms with Crippen molar-refractivity contribution in [3.05, 3.63) is 113 Å². The third-order valence-electron chi connectivity index (χ3n) is 7.54. The molecule has 0 radical (unpaired) electrons. The lowest BCUT2D eigenvalue weighted by atomic mass is 9.98. The number of benzene rings is 3. The van der Waals surface area contributed by atoms with Crippen LogP contribution in [0.2, 0.25) is 0 Å². The van der Waals surface area contributed by atoms with Gasteiger partial charge in [0.2, 0.25) is 0 Å². The van der Waals surface area contributed by atoms with Gasteiger partial charge in [0.25, 0.3) is 0 Å². The fraction of sp³-hybridized carbons (Fsp3) is 0.206. The van der Waals surface area contributed by atoms with Gasteiger partial charge in [0.15, 0.2) is 0 Å². The number of hydrogen-bond donors (Lipinski definition) is 1. The number of unbranched alkanes of at least 4 members (excludes halogenated alkanes) is 1. The van der Waals surface area contributed by atoms with Crippen LogP contribution in [0, 0.1) is 13.8 Å². The Kier molecular flexibility index (Phi) is 6.68. The number of hydrogen-bond acceptors (Lipinski definition) is 3. The number of carbonyl (C=O) groups is 1. The van der Waals surface area contributed by atoms with Crippen molar-refractivity contribution in [3.63, 3.8) is 0 Å². The average molecular weight is 529 g/mol. The summed E-state index contributed by atoms with van der Waals surface area (Å²) in [6.45, 7) is 7.10. The maximum atomic E-state index is 11.7. The van der Waals surface area contributed by atoms with Gasteiger partial charge in [0.05, 0.1) is 22.3 Å². The van der Waals surface area contributed by atoms with Crippen LogP contribution in [0.25, 0.3) is 39.1 Å². The zero-order chi connectivity index (χ0) is 27.8. The third kappa shape index (κ3) is 4.77. The van der Waals surface area contributed by atoms with Crippen molar-refractivity contribution in [2.45, 2.75) is 46.6 Å². The monoisotopic (exact) mass is 528 g/mol. The molecule has 0 spiro atoms. The molecular formula is C34H32N4O2. The van der Waals surface area contributed by atoms with E-state index in [1.165, 1.54) is 5.56 Å². The minimum Gasteiger partial charge on any atom is -0.478 e. The number of carboxylic acid groups (broad SMARTS) is 1. The average Bonchev–Trinajstić information content (AvgIpc) is 3.53. The molecule has 0 unspecified atom stereocenters. The number of aromatic carboxylic acids is 1. The maximum Gasteiger partial charge on any atom is 0.336 e. The Balaban J connectivity index is 1.41. The van der Waals surface area contributed by atoms with Crippen molar-refractivity contribution in [1.82, 2.24) is 18.9 Å². The molecule has 0 aliphatic rings. The van der Waals surface area contributed by atoms with E-state index in [1.807, 2.05) is 24.3 Å². The van der Waals surface area contributed by atoms with E-state index < -0.39 is 5.97 Å². The SMILES string of the molecule is CCCCc1nc2c(C)cc(-c3cn4cc(C)ccc4n3)cc2n1Cc1ccc(-c2ccccc2C(=O)O)cc1. The highest BCUT2D eigenvalue weighted by atomic mass is 16.4. The number of fused-ring (bicyclic) bond motifs is 2. The van der Waals surface area contributed by atoms with Gasteiger partial charge in [-0.25, -0.2) is 14.8 Å². The smallest absolute Gasteiger partial charge is 0.336 e. The Labute approximate surface area is 233 Å². The van der Waals surface area contributed by atoms with Crippen molar-refractivity contribution in [1.29, 1.82) is 0 Å². The van der Waals surface area contributed by atoms with Crippen LogP contribution in [0.4, 0.5) is 0 Å². The van der Waals surface area contributed by atoms with E-state index in [9.17, 15) is 9.90 Å². The third-order valence-corrected chi connectivity index (χ3v) is 7.54. The van der Waals surface area contributed by atoms with Gasteiger partial charge in [-0.3, -0.25) is 0 Å². The van der Waals surface area contributed by atoms with Gasteiger partial charge in [0, 0.05) is 30.9 Å². The van der Waals surface area contributed by atoms with E-state index in [0.29, 0.717) is 12.1 Å². The van der Waals surface area contributed by atoms with E-state index in [-0.39, 0.29) is 0 Å². The molecule has 1 N–H and O–H groups in total. The van der Waals surface area contributed by atoms with Gasteiger partial charge in [-0.2, -0.15) is 0 Å². The van der Waals surface area contributed by atoms with Crippen LogP contribution in [-0.4, -0.2) is 30.0 Å². The fourth-order valence-corrected chi connectivity index (χ4v) is 5.43. The highest BCUT2D eigenvalue weighted by molar-refractivity contribution is 5.96. The van der Waals surface area contributed by atoms with Gasteiger partial charge in [-0.05, 0) is 72.4 Å². The molecule has 3 aromatic heterocycles. The molecule has 0 saturated heterocycles. The molecule has 0 fully saturated rings. The summed E-state index contributed by atoms with van der Waals surface area (Å²) in [5, 5.41) is 9.62. The van der Waals surface area contributed by atoms with Crippen LogP contribution in [0.1, 0.15) is 52.6 Å². The Morgan fingerprint density at radius 3 is 2.48 bits per heavy atom. The van der Waals surface area contributed by atoms with Crippen molar-refractivity contribution in [2.24, 2.45) is 0 Å². The van der Waals surface area contributed by atoms with E-state index in [1.54, 1.807) is 12.1 Å². The van der Waals surface area contributed by atoms with Crippen molar-refractivity contribution in [2.75, 3.05) is 0 Å². The van der Waals surface area contributed by atoms with Gasteiger partial charge >= 0.3 is 5.97 Å². The van der Waals surface area contributed by atoms with Crippen LogP contribution < -0.4 is 0 Å². The summed E-state index contributed by atoms with van der Waals surface area (Å²) in [4.78, 5) is 21.7. The first kappa shape index (κ1) is 25.6. The first-order chi connectivity index (χ1) is 19.4. The first-order valence-corrected chi connectivity index (χ1v) is 13.8. The number of rotatable bonds is 8. The molecule has 6 heteroatoms. The summed E-state index contributed by atoms with van der Waals surface area (Å²) >= 11 is 0. The minimum atomic E-state index is -0.919. The molecule has 0 amide bonds. The molecule has 6 rings (SSSR count). The van der Waals surface area contributed by atoms with Crippen molar-refractivity contribution >= 4 is 22.6 Å². The van der Waals surface area contributed by atoms with Gasteiger partial charge in [-0.1, -0.05) is 61.9 Å². The largest absolute Gasteiger partial charge is 0.478 e. The molecule has 0 bridgehead atoms. The lowest BCUT2D eigenvalue weighted by molar-refractivity contribution is 0.0697. The maximum absolute atomic E-state index is 11.7. The second kappa shape index (κ2) is 10.5. The summed E-state index contributed by atoms with van der Waals surface area (Å²) in [6, 6.07) is 23.9. The van der Waals surface area contributed by atoms with Crippen LogP contribution in [0.3, 0.4) is 0 Å². The molecule has 6 aromatic rings. The minimum absolute atomic E-state index is 0.308. The van der Waals surface area contributed by atoms with Gasteiger partial charge < -0.3 is 14.1 Å². The molecular weight excluding hydrogens is 496 g/mol. The van der Waals surface area contributed by atoms with E-state index in [2.05, 4.69) is 78.5 Å². The van der Waals surface area contributed by atoms with E-state index in [0.717, 1.165) is 75.3 Å². The highest BCUT2D eigenvalue weighted by Gasteiger charge is 2.17. The van der Waals surface area contributed by atoms with Crippen LogP contribution in [0.5, 0.6) is 0 Å². The summed E-state index contributed by atoms with van der Waals surface area (Å²) in [7, 11) is 0. The number of aryl methyl sites for hydroxylation is 3. The zero-order valence-electron chi connectivity index (χ0n) is 23.1. The quantitative estimate of drug-likeness (QED) is 0.219. The number of imidazole rings is 2. The molecule has 0 atom stereocenters. The number of pyridine rings is 1. The molecule has 0 aliphatic carbocycles. The second-order valence-corrected chi connectivity index (χ2v) is 10.5. The Bertz CT molecular complexity index is 1860. The molecule has 0 aliphatic heterocycles. The molecule has 3 aromatic carbocycles. The number of nitrogens with zero attached hydrogens (tertiary/aromatic N) is 4. The summed E-state index contributed by atoms with van der Waals surface area (Å²) in [6.07, 6.45) is 7.29. The second-order valence-electron chi connectivity index (χ2n) is 10.5. The standard InChI is InChI=1S/C34H32N4O2/c1-4-5-10-32-36-33-23(3)17-26(29-21-37-19-22(2)11-16-31(37)35-29)18-30(33)38(32)20-24-12-14-25(15-13-24)27-8-6-7-9-28(27)34(39)40/h6-9,11-19,21H,4-5,10,20H2,1-3H3,(H,39,40). The number of carboxylic acids is 1. The van der Waals surface area contributed by atoms with Crippen LogP contribution in [-0.2, 0) is 13.0 Å². The topological polar surface area (TPSA) is 72.4 Å². The van der Waals surface area contributed by atoms with Crippen LogP contribution >= 0.6 is 0 Å². The fourth-order valence-electron chi connectivity index (χ4n) is 5.43. The van der Waals surface area contributed by atoms with E-state index in [4.69, 9.17) is 9.97 Å². The molecule has 40 heavy (non-hydrogen) atoms. The summed E-state index contributed by atoms with van der Waals surface area (Å²) in [5.74, 6) is 0.167. The van der Waals surface area contributed by atoms with Crippen molar-refractivity contribution < 1.29 is 9.90 Å². The van der Waals surface area contributed by atoms with Gasteiger partial charge in [0.1, 0.15) is 11.5 Å². The van der Waals surface area contributed by atoms with Crippen LogP contribution in [0.15, 0.2) is 85.2 Å². The Morgan fingerprint density at radius 2 is 1.70 bits per heavy atom. The molecule has 3 heterocycles. The predicted molar refractivity (Wildman–Crippen MR) is 160 cm³/mol. The molecule has 0 saturated carbocycles. The highest BCUT2D eigenvalue weighted by Crippen LogP contribution is 2.30. The van der Waals surface area contributed by atoms with Crippen molar-refractivity contribution in [3.8, 4) is 22.4 Å². The number of aromatic nitrogens is 4. The first-order valence-electron chi connectivity index (χ1n) is 13.8. The Morgan fingerprint density at radius 1 is 0.900 bits per heavy atom. The molecule has 6 nitrogen and oxygen atoms in total. The van der Waals surface area contributed by atoms with Gasteiger partial charge in [-0.15, -0.1) is 0 Å². The molecule has 200 valence electrons. The van der Waals surface area contributed by atoms with E-state index >= 15 is 0 Å².